The lowest BCUT2D eigenvalue weighted by Crippen LogP contribution is -2.39. The minimum Gasteiger partial charge on any atom is -0.369 e. The predicted octanol–water partition coefficient (Wildman–Crippen LogP) is 0.472. The van der Waals surface area contributed by atoms with Crippen molar-refractivity contribution in [2.24, 2.45) is 4.99 Å². The van der Waals surface area contributed by atoms with Gasteiger partial charge in [-0.25, -0.2) is 13.4 Å². The van der Waals surface area contributed by atoms with Gasteiger partial charge in [0.05, 0.1) is 23.0 Å². The number of hydrogen-bond acceptors (Lipinski definition) is 3. The van der Waals surface area contributed by atoms with Gasteiger partial charge in [-0.05, 0) is 13.8 Å². The van der Waals surface area contributed by atoms with Crippen molar-refractivity contribution in [3.8, 4) is 0 Å². The molecular formula is C9H17N3O2S. The highest BCUT2D eigenvalue weighted by atomic mass is 32.2. The van der Waals surface area contributed by atoms with Gasteiger partial charge in [-0.15, -0.1) is 0 Å². The van der Waals surface area contributed by atoms with E-state index in [-0.39, 0.29) is 0 Å². The molecular weight excluding hydrogens is 214 g/mol. The molecule has 0 atom stereocenters. The smallest absolute Gasteiger partial charge is 0.238 e. The maximum Gasteiger partial charge on any atom is 0.238 e. The van der Waals surface area contributed by atoms with Gasteiger partial charge in [0.25, 0.3) is 0 Å². The summed E-state index contributed by atoms with van der Waals surface area (Å²) >= 11 is 0. The average Bonchev–Trinajstić information content (AvgIpc) is 2.23. The lowest BCUT2D eigenvalue weighted by atomic mass is 10.0. The highest BCUT2D eigenvalue weighted by molar-refractivity contribution is 7.92. The first-order chi connectivity index (χ1) is 6.68. The van der Waals surface area contributed by atoms with Crippen molar-refractivity contribution in [1.29, 1.82) is 0 Å². The molecule has 0 aromatic rings. The molecule has 0 aromatic heterocycles. The Hall–Kier alpha value is -0.880. The summed E-state index contributed by atoms with van der Waals surface area (Å²) in [7, 11) is 1.94. The fourth-order valence-electron chi connectivity index (χ4n) is 1.21. The minimum atomic E-state index is -3.29. The normalized spacial score (nSPS) is 24.5. The molecule has 0 radical (unpaired) electrons. The van der Waals surface area contributed by atoms with Crippen molar-refractivity contribution in [2.75, 3.05) is 21.1 Å². The standard InChI is InChI=1S/C9H17N3O2S/c1-9(2)8(10-7-11(3)4)6-15(13,14)12(9)5/h6-7H,1-5H3. The first-order valence-electron chi connectivity index (χ1n) is 4.60. The third kappa shape index (κ3) is 2.21. The van der Waals surface area contributed by atoms with Crippen molar-refractivity contribution in [1.82, 2.24) is 9.21 Å². The van der Waals surface area contributed by atoms with Gasteiger partial charge in [0.2, 0.25) is 10.0 Å². The van der Waals surface area contributed by atoms with E-state index in [9.17, 15) is 8.42 Å². The molecule has 0 fully saturated rings. The van der Waals surface area contributed by atoms with Gasteiger partial charge < -0.3 is 4.90 Å². The Balaban J connectivity index is 3.10. The van der Waals surface area contributed by atoms with Crippen molar-refractivity contribution < 1.29 is 8.42 Å². The fourth-order valence-corrected chi connectivity index (χ4v) is 2.73. The molecule has 5 nitrogen and oxygen atoms in total. The number of rotatable bonds is 2. The van der Waals surface area contributed by atoms with Crippen LogP contribution in [0.2, 0.25) is 0 Å². The highest BCUT2D eigenvalue weighted by Crippen LogP contribution is 2.33. The maximum absolute atomic E-state index is 11.6. The van der Waals surface area contributed by atoms with E-state index in [1.165, 1.54) is 9.71 Å². The molecule has 6 heteroatoms. The largest absolute Gasteiger partial charge is 0.369 e. The zero-order valence-electron chi connectivity index (χ0n) is 9.72. The Kier molecular flexibility index (Phi) is 2.93. The van der Waals surface area contributed by atoms with Crippen molar-refractivity contribution in [2.45, 2.75) is 19.4 Å². The molecule has 1 aliphatic heterocycles. The number of likely N-dealkylation sites (N-methyl/N-ethyl adjacent to an activating group) is 1. The van der Waals surface area contributed by atoms with Crippen LogP contribution in [0.1, 0.15) is 13.8 Å². The summed E-state index contributed by atoms with van der Waals surface area (Å²) in [6.07, 6.45) is 1.60. The predicted molar refractivity (Wildman–Crippen MR) is 61.0 cm³/mol. The van der Waals surface area contributed by atoms with Crippen LogP contribution in [0.3, 0.4) is 0 Å². The molecule has 0 saturated carbocycles. The maximum atomic E-state index is 11.6. The summed E-state index contributed by atoms with van der Waals surface area (Å²) in [6.45, 7) is 3.66. The van der Waals surface area contributed by atoms with Crippen LogP contribution in [0.5, 0.6) is 0 Å². The minimum absolute atomic E-state index is 0.554. The molecule has 0 unspecified atom stereocenters. The van der Waals surface area contributed by atoms with E-state index in [0.29, 0.717) is 5.70 Å². The second kappa shape index (κ2) is 3.61. The lowest BCUT2D eigenvalue weighted by molar-refractivity contribution is 0.325. The molecule has 86 valence electrons. The number of nitrogens with zero attached hydrogens (tertiary/aromatic N) is 3. The van der Waals surface area contributed by atoms with Gasteiger partial charge in [-0.1, -0.05) is 0 Å². The van der Waals surface area contributed by atoms with Crippen LogP contribution in [0.4, 0.5) is 0 Å². The van der Waals surface area contributed by atoms with E-state index in [0.717, 1.165) is 0 Å². The molecule has 0 saturated heterocycles. The monoisotopic (exact) mass is 231 g/mol. The van der Waals surface area contributed by atoms with Crippen LogP contribution in [0.15, 0.2) is 16.1 Å². The Morgan fingerprint density at radius 1 is 1.47 bits per heavy atom. The lowest BCUT2D eigenvalue weighted by Gasteiger charge is -2.27. The molecule has 0 N–H and O–H groups in total. The first kappa shape index (κ1) is 12.2. The molecule has 0 amide bonds. The quantitative estimate of drug-likeness (QED) is 0.513. The van der Waals surface area contributed by atoms with Crippen LogP contribution in [0, 0.1) is 0 Å². The first-order valence-corrected chi connectivity index (χ1v) is 6.10. The van der Waals surface area contributed by atoms with E-state index in [2.05, 4.69) is 4.99 Å². The molecule has 1 heterocycles. The van der Waals surface area contributed by atoms with Gasteiger partial charge in [-0.3, -0.25) is 0 Å². The molecule has 1 rings (SSSR count). The zero-order chi connectivity index (χ0) is 11.9. The molecule has 0 aromatic carbocycles. The van der Waals surface area contributed by atoms with Crippen LogP contribution >= 0.6 is 0 Å². The Bertz CT molecular complexity index is 407. The summed E-state index contributed by atoms with van der Waals surface area (Å²) in [4.78, 5) is 5.93. The molecule has 0 spiro atoms. The Labute approximate surface area is 91.1 Å². The number of sulfonamides is 1. The van der Waals surface area contributed by atoms with Crippen LogP contribution in [-0.2, 0) is 10.0 Å². The van der Waals surface area contributed by atoms with Crippen molar-refractivity contribution in [3.63, 3.8) is 0 Å². The summed E-state index contributed by atoms with van der Waals surface area (Å²) in [5.74, 6) is 0. The number of hydrogen-bond donors (Lipinski definition) is 0. The van der Waals surface area contributed by atoms with E-state index in [4.69, 9.17) is 0 Å². The molecule has 15 heavy (non-hydrogen) atoms. The molecule has 0 aliphatic carbocycles. The summed E-state index contributed by atoms with van der Waals surface area (Å²) < 4.78 is 24.5. The van der Waals surface area contributed by atoms with Crippen molar-refractivity contribution >= 4 is 16.4 Å². The van der Waals surface area contributed by atoms with Crippen LogP contribution in [-0.4, -0.2) is 50.6 Å². The second-order valence-corrected chi connectivity index (χ2v) is 6.10. The summed E-state index contributed by atoms with van der Waals surface area (Å²) in [5, 5.41) is 1.22. The summed E-state index contributed by atoms with van der Waals surface area (Å²) in [5.41, 5.74) is -0.0237. The van der Waals surface area contributed by atoms with Gasteiger partial charge in [0, 0.05) is 21.1 Å². The van der Waals surface area contributed by atoms with Crippen LogP contribution < -0.4 is 0 Å². The van der Waals surface area contributed by atoms with E-state index >= 15 is 0 Å². The van der Waals surface area contributed by atoms with Gasteiger partial charge >= 0.3 is 0 Å². The number of aliphatic imine (C=N–C) groups is 1. The van der Waals surface area contributed by atoms with E-state index in [1.807, 2.05) is 27.9 Å². The summed E-state index contributed by atoms with van der Waals surface area (Å²) in [6, 6.07) is 0. The van der Waals surface area contributed by atoms with Gasteiger partial charge in [-0.2, -0.15) is 4.31 Å². The van der Waals surface area contributed by atoms with E-state index < -0.39 is 15.6 Å². The van der Waals surface area contributed by atoms with Gasteiger partial charge in [0.15, 0.2) is 0 Å². The van der Waals surface area contributed by atoms with Crippen molar-refractivity contribution in [3.05, 3.63) is 11.1 Å². The van der Waals surface area contributed by atoms with Gasteiger partial charge in [0.1, 0.15) is 0 Å². The van der Waals surface area contributed by atoms with E-state index in [1.54, 1.807) is 18.3 Å². The molecule has 1 aliphatic rings. The average molecular weight is 231 g/mol. The highest BCUT2D eigenvalue weighted by Gasteiger charge is 2.42. The second-order valence-electron chi connectivity index (χ2n) is 4.28. The Morgan fingerprint density at radius 2 is 2.00 bits per heavy atom. The molecule has 0 bridgehead atoms. The topological polar surface area (TPSA) is 53.0 Å². The SMILES string of the molecule is CN(C)C=NC1=CS(=O)(=O)N(C)C1(C)C. The third-order valence-corrected chi connectivity index (χ3v) is 4.23. The Morgan fingerprint density at radius 3 is 2.33 bits per heavy atom. The fraction of sp³-hybridized carbons (Fsp3) is 0.667. The van der Waals surface area contributed by atoms with Crippen LogP contribution in [0.25, 0.3) is 0 Å². The zero-order valence-corrected chi connectivity index (χ0v) is 10.5. The third-order valence-electron chi connectivity index (χ3n) is 2.48.